The molecule has 0 fully saturated rings. The Balaban J connectivity index is 1.97. The summed E-state index contributed by atoms with van der Waals surface area (Å²) in [5.74, 6) is 0.733. The number of rotatable bonds is 1. The number of ether oxygens (including phenoxy) is 1. The van der Waals surface area contributed by atoms with Gasteiger partial charge in [0.25, 0.3) is 0 Å². The first-order valence-electron chi connectivity index (χ1n) is 6.25. The monoisotopic (exact) mass is 294 g/mol. The molecule has 1 aliphatic heterocycles. The number of hydrogen-bond acceptors (Lipinski definition) is 3. The van der Waals surface area contributed by atoms with E-state index in [0.717, 1.165) is 11.3 Å². The van der Waals surface area contributed by atoms with Gasteiger partial charge in [0.2, 0.25) is 0 Å². The Hall–Kier alpha value is -1.03. The molecule has 2 aromatic rings. The van der Waals surface area contributed by atoms with Gasteiger partial charge in [0.05, 0.1) is 6.10 Å². The van der Waals surface area contributed by atoms with Gasteiger partial charge in [-0.2, -0.15) is 0 Å². The fraction of sp³-hybridized carbons (Fsp3) is 0.333. The quantitative estimate of drug-likeness (QED) is 0.834. The Bertz CT molecular complexity index is 621. The minimum absolute atomic E-state index is 0.0753. The lowest BCUT2D eigenvalue weighted by molar-refractivity contribution is 0.0657. The molecule has 1 aromatic heterocycles. The molecule has 2 heterocycles. The zero-order chi connectivity index (χ0) is 13.6. The summed E-state index contributed by atoms with van der Waals surface area (Å²) in [6.45, 7) is 4.19. The lowest BCUT2D eigenvalue weighted by atomic mass is 9.95. The van der Waals surface area contributed by atoms with E-state index in [-0.39, 0.29) is 6.10 Å². The maximum atomic E-state index is 10.3. The van der Waals surface area contributed by atoms with Crippen molar-refractivity contribution >= 4 is 22.9 Å². The zero-order valence-corrected chi connectivity index (χ0v) is 12.4. The summed E-state index contributed by atoms with van der Waals surface area (Å²) in [6, 6.07) is 7.56. The van der Waals surface area contributed by atoms with E-state index >= 15 is 0 Å². The average Bonchev–Trinajstić information content (AvgIpc) is 2.69. The van der Waals surface area contributed by atoms with E-state index in [4.69, 9.17) is 16.3 Å². The normalized spacial score (nSPS) is 21.9. The van der Waals surface area contributed by atoms with Crippen molar-refractivity contribution in [3.05, 3.63) is 50.2 Å². The van der Waals surface area contributed by atoms with Crippen LogP contribution in [0.1, 0.15) is 39.5 Å². The summed E-state index contributed by atoms with van der Waals surface area (Å²) >= 11 is 7.72. The molecule has 0 saturated heterocycles. The summed E-state index contributed by atoms with van der Waals surface area (Å²) in [5.41, 5.74) is 1.97. The van der Waals surface area contributed by atoms with Crippen molar-refractivity contribution in [1.82, 2.24) is 0 Å². The third kappa shape index (κ3) is 2.38. The van der Waals surface area contributed by atoms with E-state index in [1.54, 1.807) is 23.5 Å². The summed E-state index contributed by atoms with van der Waals surface area (Å²) in [6.07, 6.45) is -0.0228. The molecular weight excluding hydrogens is 280 g/mol. The fourth-order valence-electron chi connectivity index (χ4n) is 2.58. The fourth-order valence-corrected chi connectivity index (χ4v) is 3.74. The van der Waals surface area contributed by atoms with Crippen molar-refractivity contribution in [3.8, 4) is 5.75 Å². The van der Waals surface area contributed by atoms with Gasteiger partial charge in [-0.1, -0.05) is 11.6 Å². The molecule has 0 radical (unpaired) electrons. The molecule has 2 atom stereocenters. The van der Waals surface area contributed by atoms with Crippen molar-refractivity contribution in [3.63, 3.8) is 0 Å². The SMILES string of the molecule is Cc1cc(C2C[C@H](O)c3cc(Cl)ccc3O2)c(C)s1. The predicted octanol–water partition coefficient (Wildman–Crippen LogP) is 4.58. The van der Waals surface area contributed by atoms with Gasteiger partial charge in [-0.15, -0.1) is 11.3 Å². The van der Waals surface area contributed by atoms with Crippen LogP contribution in [-0.4, -0.2) is 5.11 Å². The minimum atomic E-state index is -0.521. The molecule has 0 spiro atoms. The lowest BCUT2D eigenvalue weighted by Crippen LogP contribution is -2.19. The van der Waals surface area contributed by atoms with E-state index < -0.39 is 6.10 Å². The van der Waals surface area contributed by atoms with Crippen LogP contribution in [0.3, 0.4) is 0 Å². The van der Waals surface area contributed by atoms with Crippen molar-refractivity contribution in [2.45, 2.75) is 32.5 Å². The lowest BCUT2D eigenvalue weighted by Gasteiger charge is -2.30. The number of fused-ring (bicyclic) bond motifs is 1. The minimum Gasteiger partial charge on any atom is -0.485 e. The number of halogens is 1. The third-order valence-electron chi connectivity index (χ3n) is 3.46. The number of aliphatic hydroxyl groups is 1. The summed E-state index contributed by atoms with van der Waals surface area (Å²) in [4.78, 5) is 2.53. The van der Waals surface area contributed by atoms with Crippen LogP contribution in [0.25, 0.3) is 0 Å². The number of benzene rings is 1. The highest BCUT2D eigenvalue weighted by molar-refractivity contribution is 7.12. The Morgan fingerprint density at radius 1 is 1.26 bits per heavy atom. The second-order valence-electron chi connectivity index (χ2n) is 4.91. The molecule has 1 N–H and O–H groups in total. The van der Waals surface area contributed by atoms with Gasteiger partial charge in [0, 0.05) is 32.3 Å². The van der Waals surface area contributed by atoms with Crippen LogP contribution in [0.5, 0.6) is 5.75 Å². The van der Waals surface area contributed by atoms with Crippen LogP contribution < -0.4 is 4.74 Å². The predicted molar refractivity (Wildman–Crippen MR) is 78.2 cm³/mol. The number of aryl methyl sites for hydroxylation is 2. The second kappa shape index (κ2) is 4.82. The molecule has 0 amide bonds. The highest BCUT2D eigenvalue weighted by Gasteiger charge is 2.29. The van der Waals surface area contributed by atoms with Crippen LogP contribution in [0.2, 0.25) is 5.02 Å². The molecule has 0 aliphatic carbocycles. The third-order valence-corrected chi connectivity index (χ3v) is 4.68. The Morgan fingerprint density at radius 3 is 2.74 bits per heavy atom. The van der Waals surface area contributed by atoms with Crippen molar-refractivity contribution in [2.24, 2.45) is 0 Å². The summed E-state index contributed by atoms with van der Waals surface area (Å²) in [5, 5.41) is 10.9. The standard InChI is InChI=1S/C15H15ClO2S/c1-8-5-11(9(2)19-8)15-7-13(17)12-6-10(16)3-4-14(12)18-15/h3-6,13,15,17H,7H2,1-2H3/t13-,15?/m0/s1. The number of thiophene rings is 1. The van der Waals surface area contributed by atoms with Crippen LogP contribution in [0, 0.1) is 13.8 Å². The Kier molecular flexibility index (Phi) is 3.29. The largest absolute Gasteiger partial charge is 0.485 e. The first-order chi connectivity index (χ1) is 9.04. The first-order valence-corrected chi connectivity index (χ1v) is 7.45. The number of hydrogen-bond donors (Lipinski definition) is 1. The van der Waals surface area contributed by atoms with E-state index in [0.29, 0.717) is 11.4 Å². The topological polar surface area (TPSA) is 29.5 Å². The maximum Gasteiger partial charge on any atom is 0.128 e. The highest BCUT2D eigenvalue weighted by Crippen LogP contribution is 2.43. The molecule has 2 nitrogen and oxygen atoms in total. The molecule has 4 heteroatoms. The van der Waals surface area contributed by atoms with E-state index in [9.17, 15) is 5.11 Å². The van der Waals surface area contributed by atoms with Crippen LogP contribution in [0.4, 0.5) is 0 Å². The first kappa shape index (κ1) is 13.0. The maximum absolute atomic E-state index is 10.3. The molecule has 0 saturated carbocycles. The molecule has 100 valence electrons. The molecule has 19 heavy (non-hydrogen) atoms. The smallest absolute Gasteiger partial charge is 0.128 e. The van der Waals surface area contributed by atoms with Crippen molar-refractivity contribution in [1.29, 1.82) is 0 Å². The number of aliphatic hydroxyl groups excluding tert-OH is 1. The molecule has 1 unspecified atom stereocenters. The summed E-state index contributed by atoms with van der Waals surface area (Å²) in [7, 11) is 0. The van der Waals surface area contributed by atoms with Crippen LogP contribution in [-0.2, 0) is 0 Å². The molecule has 1 aliphatic rings. The van der Waals surface area contributed by atoms with Gasteiger partial charge in [-0.3, -0.25) is 0 Å². The van der Waals surface area contributed by atoms with Crippen molar-refractivity contribution in [2.75, 3.05) is 0 Å². The van der Waals surface area contributed by atoms with Crippen LogP contribution >= 0.6 is 22.9 Å². The molecular formula is C15H15ClO2S. The van der Waals surface area contributed by atoms with E-state index in [2.05, 4.69) is 19.9 Å². The Morgan fingerprint density at radius 2 is 2.05 bits per heavy atom. The van der Waals surface area contributed by atoms with Crippen molar-refractivity contribution < 1.29 is 9.84 Å². The molecule has 3 rings (SSSR count). The van der Waals surface area contributed by atoms with Gasteiger partial charge in [0.1, 0.15) is 11.9 Å². The summed E-state index contributed by atoms with van der Waals surface area (Å²) < 4.78 is 6.03. The van der Waals surface area contributed by atoms with E-state index in [1.165, 1.54) is 15.3 Å². The van der Waals surface area contributed by atoms with Gasteiger partial charge >= 0.3 is 0 Å². The zero-order valence-electron chi connectivity index (χ0n) is 10.8. The van der Waals surface area contributed by atoms with Gasteiger partial charge in [-0.25, -0.2) is 0 Å². The van der Waals surface area contributed by atoms with Gasteiger partial charge < -0.3 is 9.84 Å². The molecule has 1 aromatic carbocycles. The second-order valence-corrected chi connectivity index (χ2v) is 6.81. The van der Waals surface area contributed by atoms with Gasteiger partial charge in [-0.05, 0) is 38.1 Å². The van der Waals surface area contributed by atoms with Crippen LogP contribution in [0.15, 0.2) is 24.3 Å². The Labute approximate surface area is 121 Å². The average molecular weight is 295 g/mol. The van der Waals surface area contributed by atoms with Gasteiger partial charge in [0.15, 0.2) is 0 Å². The highest BCUT2D eigenvalue weighted by atomic mass is 35.5. The molecule has 0 bridgehead atoms. The van der Waals surface area contributed by atoms with E-state index in [1.807, 2.05) is 6.07 Å².